The fourth-order valence-electron chi connectivity index (χ4n) is 2.19. The highest BCUT2D eigenvalue weighted by atomic mass is 35.5. The summed E-state index contributed by atoms with van der Waals surface area (Å²) in [5, 5.41) is 23.2. The molecule has 1 aromatic rings. The molecule has 0 radical (unpaired) electrons. The number of nitro groups is 1. The van der Waals surface area contributed by atoms with Crippen LogP contribution < -0.4 is 5.32 Å². The second-order valence-corrected chi connectivity index (χ2v) is 5.33. The molecule has 1 atom stereocenters. The first-order chi connectivity index (χ1) is 9.49. The summed E-state index contributed by atoms with van der Waals surface area (Å²) in [6, 6.07) is 3.07. The molecule has 1 aromatic carbocycles. The summed E-state index contributed by atoms with van der Waals surface area (Å²) in [6.45, 7) is 4.82. The zero-order valence-electron chi connectivity index (χ0n) is 11.9. The van der Waals surface area contributed by atoms with Crippen LogP contribution in [0.15, 0.2) is 12.1 Å². The maximum absolute atomic E-state index is 10.8. The van der Waals surface area contributed by atoms with E-state index >= 15 is 0 Å². The highest BCUT2D eigenvalue weighted by molar-refractivity contribution is 6.33. The number of nitrogens with one attached hydrogen (secondary N) is 1. The van der Waals surface area contributed by atoms with Crippen molar-refractivity contribution in [1.82, 2.24) is 0 Å². The minimum atomic E-state index is -0.481. The quantitative estimate of drug-likeness (QED) is 0.566. The molecule has 0 fully saturated rings. The Kier molecular flexibility index (Phi) is 6.75. The third-order valence-electron chi connectivity index (χ3n) is 3.31. The van der Waals surface area contributed by atoms with E-state index in [2.05, 4.69) is 12.2 Å². The Morgan fingerprint density at radius 1 is 1.45 bits per heavy atom. The van der Waals surface area contributed by atoms with Crippen LogP contribution in [-0.4, -0.2) is 23.2 Å². The number of hydrogen-bond acceptors (Lipinski definition) is 4. The van der Waals surface area contributed by atoms with Gasteiger partial charge in [0.15, 0.2) is 0 Å². The van der Waals surface area contributed by atoms with Gasteiger partial charge in [-0.1, -0.05) is 24.9 Å². The smallest absolute Gasteiger partial charge is 0.288 e. The summed E-state index contributed by atoms with van der Waals surface area (Å²) in [6.07, 6.45) is 2.85. The van der Waals surface area contributed by atoms with Crippen LogP contribution in [0.25, 0.3) is 0 Å². The molecule has 1 unspecified atom stereocenters. The van der Waals surface area contributed by atoms with E-state index < -0.39 is 4.92 Å². The summed E-state index contributed by atoms with van der Waals surface area (Å²) >= 11 is 5.91. The Balaban J connectivity index is 2.77. The zero-order valence-corrected chi connectivity index (χ0v) is 12.6. The van der Waals surface area contributed by atoms with Gasteiger partial charge in [0.2, 0.25) is 0 Å². The molecule has 20 heavy (non-hydrogen) atoms. The van der Waals surface area contributed by atoms with E-state index in [4.69, 9.17) is 16.7 Å². The van der Waals surface area contributed by atoms with Crippen molar-refractivity contribution in [2.24, 2.45) is 5.92 Å². The van der Waals surface area contributed by atoms with Gasteiger partial charge in [-0.05, 0) is 37.3 Å². The van der Waals surface area contributed by atoms with Crippen molar-refractivity contribution < 1.29 is 10.0 Å². The maximum Gasteiger partial charge on any atom is 0.288 e. The zero-order chi connectivity index (χ0) is 15.1. The number of aliphatic hydroxyl groups is 1. The van der Waals surface area contributed by atoms with E-state index in [0.717, 1.165) is 37.1 Å². The third kappa shape index (κ3) is 4.65. The molecule has 0 heterocycles. The number of benzene rings is 1. The van der Waals surface area contributed by atoms with Crippen molar-refractivity contribution in [3.05, 3.63) is 32.8 Å². The van der Waals surface area contributed by atoms with Crippen molar-refractivity contribution in [3.8, 4) is 0 Å². The van der Waals surface area contributed by atoms with Gasteiger partial charge in [0.1, 0.15) is 5.02 Å². The molecule has 0 saturated carbocycles. The topological polar surface area (TPSA) is 75.4 Å². The maximum atomic E-state index is 10.8. The lowest BCUT2D eigenvalue weighted by Gasteiger charge is -2.17. The third-order valence-corrected chi connectivity index (χ3v) is 3.61. The van der Waals surface area contributed by atoms with Gasteiger partial charge < -0.3 is 10.4 Å². The van der Waals surface area contributed by atoms with Gasteiger partial charge in [-0.3, -0.25) is 10.1 Å². The predicted molar refractivity (Wildman–Crippen MR) is 81.4 cm³/mol. The van der Waals surface area contributed by atoms with Gasteiger partial charge in [0.05, 0.1) is 4.92 Å². The molecular formula is C14H21ClN2O3. The Morgan fingerprint density at radius 2 is 2.15 bits per heavy atom. The molecule has 2 N–H and O–H groups in total. The summed E-state index contributed by atoms with van der Waals surface area (Å²) in [5.41, 5.74) is 1.52. The highest BCUT2D eigenvalue weighted by Crippen LogP contribution is 2.30. The molecule has 6 heteroatoms. The second kappa shape index (κ2) is 8.07. The van der Waals surface area contributed by atoms with Gasteiger partial charge in [0, 0.05) is 24.9 Å². The average Bonchev–Trinajstić information content (AvgIpc) is 2.39. The minimum absolute atomic E-state index is 0.0739. The van der Waals surface area contributed by atoms with Gasteiger partial charge in [-0.2, -0.15) is 0 Å². The number of rotatable bonds is 8. The SMILES string of the molecule is CCCC(CCO)CNc1cc(Cl)c([N+](=O)[O-])cc1C. The monoisotopic (exact) mass is 300 g/mol. The number of halogens is 1. The van der Waals surface area contributed by atoms with E-state index in [1.54, 1.807) is 6.07 Å². The standard InChI is InChI=1S/C14H21ClN2O3/c1-3-4-11(5-6-18)9-16-13-8-12(15)14(17(19)20)7-10(13)2/h7-8,11,16,18H,3-6,9H2,1-2H3. The van der Waals surface area contributed by atoms with E-state index in [1.807, 2.05) is 6.92 Å². The molecule has 0 aromatic heterocycles. The van der Waals surface area contributed by atoms with Crippen LogP contribution in [0.5, 0.6) is 0 Å². The van der Waals surface area contributed by atoms with Crippen LogP contribution in [0, 0.1) is 23.0 Å². The first kappa shape index (κ1) is 16.7. The number of aryl methyl sites for hydroxylation is 1. The molecule has 0 saturated heterocycles. The van der Waals surface area contributed by atoms with E-state index in [0.29, 0.717) is 5.92 Å². The number of aliphatic hydroxyl groups excluding tert-OH is 1. The van der Waals surface area contributed by atoms with Crippen molar-refractivity contribution in [1.29, 1.82) is 0 Å². The van der Waals surface area contributed by atoms with Crippen LogP contribution >= 0.6 is 11.6 Å². The first-order valence-corrected chi connectivity index (χ1v) is 7.16. The second-order valence-electron chi connectivity index (χ2n) is 4.92. The minimum Gasteiger partial charge on any atom is -0.396 e. The van der Waals surface area contributed by atoms with Gasteiger partial charge in [0.25, 0.3) is 5.69 Å². The lowest BCUT2D eigenvalue weighted by molar-refractivity contribution is -0.384. The molecule has 0 amide bonds. The molecule has 0 aliphatic heterocycles. The first-order valence-electron chi connectivity index (χ1n) is 6.78. The lowest BCUT2D eigenvalue weighted by atomic mass is 10.00. The highest BCUT2D eigenvalue weighted by Gasteiger charge is 2.15. The lowest BCUT2D eigenvalue weighted by Crippen LogP contribution is -2.16. The number of hydrogen-bond donors (Lipinski definition) is 2. The Labute approximate surface area is 124 Å². The van der Waals surface area contributed by atoms with Crippen molar-refractivity contribution in [2.45, 2.75) is 33.1 Å². The Bertz CT molecular complexity index is 460. The van der Waals surface area contributed by atoms with Gasteiger partial charge in [-0.25, -0.2) is 0 Å². The number of nitrogens with zero attached hydrogens (tertiary/aromatic N) is 1. The van der Waals surface area contributed by atoms with Crippen molar-refractivity contribution in [2.75, 3.05) is 18.5 Å². The number of anilines is 1. The summed E-state index contributed by atoms with van der Waals surface area (Å²) < 4.78 is 0. The van der Waals surface area contributed by atoms with Crippen LogP contribution in [0.1, 0.15) is 31.7 Å². The largest absolute Gasteiger partial charge is 0.396 e. The summed E-state index contributed by atoms with van der Waals surface area (Å²) in [4.78, 5) is 10.3. The predicted octanol–water partition coefficient (Wildman–Crippen LogP) is 3.77. The molecule has 0 bridgehead atoms. The van der Waals surface area contributed by atoms with Gasteiger partial charge in [-0.15, -0.1) is 0 Å². The summed E-state index contributed by atoms with van der Waals surface area (Å²) in [7, 11) is 0. The fraction of sp³-hybridized carbons (Fsp3) is 0.571. The molecular weight excluding hydrogens is 280 g/mol. The van der Waals surface area contributed by atoms with Crippen LogP contribution in [0.3, 0.4) is 0 Å². The van der Waals surface area contributed by atoms with E-state index in [-0.39, 0.29) is 17.3 Å². The summed E-state index contributed by atoms with van der Waals surface area (Å²) in [5.74, 6) is 0.387. The molecule has 112 valence electrons. The number of nitro benzene ring substituents is 1. The Morgan fingerprint density at radius 3 is 2.70 bits per heavy atom. The fourth-order valence-corrected chi connectivity index (χ4v) is 2.42. The molecule has 0 aliphatic carbocycles. The van der Waals surface area contributed by atoms with Crippen LogP contribution in [0.2, 0.25) is 5.02 Å². The van der Waals surface area contributed by atoms with E-state index in [1.165, 1.54) is 6.07 Å². The molecule has 0 spiro atoms. The normalized spacial score (nSPS) is 12.2. The molecule has 5 nitrogen and oxygen atoms in total. The van der Waals surface area contributed by atoms with Crippen molar-refractivity contribution >= 4 is 23.0 Å². The molecule has 0 aliphatic rings. The average molecular weight is 301 g/mol. The van der Waals surface area contributed by atoms with Crippen LogP contribution in [-0.2, 0) is 0 Å². The molecule has 1 rings (SSSR count). The van der Waals surface area contributed by atoms with E-state index in [9.17, 15) is 10.1 Å². The van der Waals surface area contributed by atoms with Crippen molar-refractivity contribution in [3.63, 3.8) is 0 Å². The Hall–Kier alpha value is -1.33. The van der Waals surface area contributed by atoms with Crippen LogP contribution in [0.4, 0.5) is 11.4 Å². The van der Waals surface area contributed by atoms with Gasteiger partial charge >= 0.3 is 0 Å².